The first-order chi connectivity index (χ1) is 8.77. The maximum atomic E-state index is 11.7. The fourth-order valence-corrected chi connectivity index (χ4v) is 1.99. The number of hydrogen-bond donors (Lipinski definition) is 5. The minimum absolute atomic E-state index is 0.494. The van der Waals surface area contributed by atoms with E-state index < -0.39 is 48.6 Å². The molecule has 2 heterocycles. The van der Waals surface area contributed by atoms with Crippen LogP contribution in [0, 0.1) is 0 Å². The number of carbonyl (C=O) groups is 2. The van der Waals surface area contributed by atoms with E-state index in [1.54, 1.807) is 13.8 Å². The molecule has 0 unspecified atom stereocenters. The number of amides is 3. The zero-order valence-corrected chi connectivity index (χ0v) is 10.5. The molecule has 0 saturated carbocycles. The second-order valence-corrected chi connectivity index (χ2v) is 5.09. The highest BCUT2D eigenvalue weighted by molar-refractivity contribution is 6.01. The number of rotatable bonds is 2. The zero-order valence-electron chi connectivity index (χ0n) is 10.5. The molecule has 9 heteroatoms. The Balaban J connectivity index is 2.18. The highest BCUT2D eigenvalue weighted by Crippen LogP contribution is 2.25. The van der Waals surface area contributed by atoms with Crippen LogP contribution in [0.1, 0.15) is 13.8 Å². The molecule has 0 aliphatic carbocycles. The van der Waals surface area contributed by atoms with Crippen molar-refractivity contribution in [2.24, 2.45) is 0 Å². The van der Waals surface area contributed by atoms with Crippen molar-refractivity contribution in [1.29, 1.82) is 0 Å². The van der Waals surface area contributed by atoms with Gasteiger partial charge in [0.05, 0.1) is 6.61 Å². The maximum Gasteiger partial charge on any atom is 0.340 e. The molecule has 4 atom stereocenters. The predicted molar refractivity (Wildman–Crippen MR) is 60.4 cm³/mol. The molecule has 0 bridgehead atoms. The van der Waals surface area contributed by atoms with Gasteiger partial charge in [-0.05, 0) is 13.8 Å². The van der Waals surface area contributed by atoms with Crippen molar-refractivity contribution >= 4 is 11.9 Å². The highest BCUT2D eigenvalue weighted by atomic mass is 16.6. The molecule has 0 aromatic heterocycles. The number of aliphatic hydroxyl groups excluding tert-OH is 3. The Hall–Kier alpha value is -1.26. The lowest BCUT2D eigenvalue weighted by molar-refractivity contribution is -0.142. The summed E-state index contributed by atoms with van der Waals surface area (Å²) in [5.74, 6) is -0.513. The SMILES string of the molecule is CC1(C)NN([C@@H]2O[C@H](CO)[C@@H](O)[C@H]2O)C(=O)NC1=O. The smallest absolute Gasteiger partial charge is 0.340 e. The number of imide groups is 1. The number of carbonyl (C=O) groups excluding carboxylic acids is 2. The fourth-order valence-electron chi connectivity index (χ4n) is 1.99. The van der Waals surface area contributed by atoms with Crippen LogP contribution in [0.15, 0.2) is 0 Å². The van der Waals surface area contributed by atoms with Crippen molar-refractivity contribution in [3.63, 3.8) is 0 Å². The molecule has 19 heavy (non-hydrogen) atoms. The van der Waals surface area contributed by atoms with Crippen LogP contribution >= 0.6 is 0 Å². The summed E-state index contributed by atoms with van der Waals surface area (Å²) in [7, 11) is 0. The second-order valence-electron chi connectivity index (χ2n) is 5.09. The molecule has 9 nitrogen and oxygen atoms in total. The van der Waals surface area contributed by atoms with Gasteiger partial charge in [-0.15, -0.1) is 0 Å². The topological polar surface area (TPSA) is 131 Å². The van der Waals surface area contributed by atoms with Gasteiger partial charge in [0.2, 0.25) is 5.91 Å². The number of nitrogens with one attached hydrogen (secondary N) is 2. The Morgan fingerprint density at radius 2 is 1.95 bits per heavy atom. The largest absolute Gasteiger partial charge is 0.394 e. The first kappa shape index (κ1) is 14.2. The van der Waals surface area contributed by atoms with Gasteiger partial charge in [-0.1, -0.05) is 0 Å². The lowest BCUT2D eigenvalue weighted by Gasteiger charge is -2.40. The van der Waals surface area contributed by atoms with E-state index >= 15 is 0 Å². The third-order valence-corrected chi connectivity index (χ3v) is 3.18. The van der Waals surface area contributed by atoms with Gasteiger partial charge in [0, 0.05) is 0 Å². The van der Waals surface area contributed by atoms with Crippen molar-refractivity contribution in [3.05, 3.63) is 0 Å². The van der Waals surface area contributed by atoms with E-state index in [9.17, 15) is 19.8 Å². The number of urea groups is 1. The van der Waals surface area contributed by atoms with E-state index in [4.69, 9.17) is 9.84 Å². The van der Waals surface area contributed by atoms with Crippen LogP contribution in [0.4, 0.5) is 4.79 Å². The molecule has 5 N–H and O–H groups in total. The summed E-state index contributed by atoms with van der Waals surface area (Å²) in [5.41, 5.74) is 1.55. The monoisotopic (exact) mass is 275 g/mol. The van der Waals surface area contributed by atoms with Gasteiger partial charge >= 0.3 is 6.03 Å². The van der Waals surface area contributed by atoms with E-state index in [-0.39, 0.29) is 0 Å². The average molecular weight is 275 g/mol. The van der Waals surface area contributed by atoms with E-state index in [1.165, 1.54) is 0 Å². The Bertz CT molecular complexity index is 401. The van der Waals surface area contributed by atoms with Gasteiger partial charge in [-0.2, -0.15) is 0 Å². The van der Waals surface area contributed by atoms with Crippen LogP contribution in [-0.4, -0.2) is 69.0 Å². The minimum atomic E-state index is -1.39. The average Bonchev–Trinajstić information content (AvgIpc) is 2.61. The Kier molecular flexibility index (Phi) is 3.49. The van der Waals surface area contributed by atoms with Crippen LogP contribution in [0.25, 0.3) is 0 Å². The lowest BCUT2D eigenvalue weighted by Crippen LogP contribution is -2.72. The normalized spacial score (nSPS) is 38.5. The van der Waals surface area contributed by atoms with Crippen LogP contribution in [0.5, 0.6) is 0 Å². The van der Waals surface area contributed by atoms with E-state index in [2.05, 4.69) is 10.7 Å². The molecule has 0 radical (unpaired) electrons. The molecule has 0 spiro atoms. The van der Waals surface area contributed by atoms with Gasteiger partial charge in [0.1, 0.15) is 23.9 Å². The fraction of sp³-hybridized carbons (Fsp3) is 0.800. The molecular weight excluding hydrogens is 258 g/mol. The summed E-state index contributed by atoms with van der Waals surface area (Å²) in [6, 6.07) is -0.792. The first-order valence-electron chi connectivity index (χ1n) is 5.83. The van der Waals surface area contributed by atoms with Crippen molar-refractivity contribution in [1.82, 2.24) is 15.8 Å². The molecule has 2 aliphatic rings. The van der Waals surface area contributed by atoms with E-state index in [1.807, 2.05) is 0 Å². The number of hydrazine groups is 1. The van der Waals surface area contributed by atoms with Crippen molar-refractivity contribution < 1.29 is 29.6 Å². The van der Waals surface area contributed by atoms with Gasteiger partial charge < -0.3 is 20.1 Å². The Morgan fingerprint density at radius 1 is 1.32 bits per heavy atom. The van der Waals surface area contributed by atoms with Gasteiger partial charge in [0.25, 0.3) is 0 Å². The molecule has 2 rings (SSSR count). The summed E-state index contributed by atoms with van der Waals surface area (Å²) >= 11 is 0. The Morgan fingerprint density at radius 3 is 2.47 bits per heavy atom. The van der Waals surface area contributed by atoms with Crippen LogP contribution in [0.2, 0.25) is 0 Å². The number of hydrogen-bond acceptors (Lipinski definition) is 7. The summed E-state index contributed by atoms with van der Waals surface area (Å²) in [6.07, 6.45) is -4.89. The van der Waals surface area contributed by atoms with Crippen molar-refractivity contribution in [2.75, 3.05) is 6.61 Å². The van der Waals surface area contributed by atoms with E-state index in [0.29, 0.717) is 0 Å². The Labute approximate surface area is 109 Å². The molecular formula is C10H17N3O6. The van der Waals surface area contributed by atoms with Crippen LogP contribution < -0.4 is 10.7 Å². The molecule has 3 amide bonds. The maximum absolute atomic E-state index is 11.7. The van der Waals surface area contributed by atoms with Gasteiger partial charge in [0.15, 0.2) is 6.23 Å². The summed E-state index contributed by atoms with van der Waals surface area (Å²) < 4.78 is 5.21. The lowest BCUT2D eigenvalue weighted by atomic mass is 10.0. The summed E-state index contributed by atoms with van der Waals surface area (Å²) in [5, 5.41) is 31.5. The quantitative estimate of drug-likeness (QED) is 0.369. The second kappa shape index (κ2) is 4.69. The number of ether oxygens (including phenoxy) is 1. The highest BCUT2D eigenvalue weighted by Gasteiger charge is 2.50. The van der Waals surface area contributed by atoms with Crippen molar-refractivity contribution in [2.45, 2.75) is 43.9 Å². The molecule has 2 fully saturated rings. The molecule has 0 aromatic carbocycles. The van der Waals surface area contributed by atoms with E-state index in [0.717, 1.165) is 5.01 Å². The van der Waals surface area contributed by atoms with Crippen LogP contribution in [0.3, 0.4) is 0 Å². The van der Waals surface area contributed by atoms with Crippen LogP contribution in [-0.2, 0) is 9.53 Å². The van der Waals surface area contributed by atoms with Gasteiger partial charge in [-0.25, -0.2) is 15.2 Å². The summed E-state index contributed by atoms with van der Waals surface area (Å²) in [4.78, 5) is 23.3. The van der Waals surface area contributed by atoms with Gasteiger partial charge in [-0.3, -0.25) is 10.1 Å². The molecule has 2 aliphatic heterocycles. The number of aliphatic hydroxyl groups is 3. The molecule has 2 saturated heterocycles. The number of nitrogens with zero attached hydrogens (tertiary/aromatic N) is 1. The predicted octanol–water partition coefficient (Wildman–Crippen LogP) is -2.74. The zero-order chi connectivity index (χ0) is 14.4. The van der Waals surface area contributed by atoms with Crippen molar-refractivity contribution in [3.8, 4) is 0 Å². The first-order valence-corrected chi connectivity index (χ1v) is 5.83. The third kappa shape index (κ3) is 2.30. The molecule has 0 aromatic rings. The third-order valence-electron chi connectivity index (χ3n) is 3.18. The minimum Gasteiger partial charge on any atom is -0.394 e. The molecule has 108 valence electrons. The standard InChI is InChI=1S/C10H17N3O6/c1-10(2)8(17)11-9(18)13(12-10)7-6(16)5(15)4(3-14)19-7/h4-7,12,14-16H,3H2,1-2H3,(H,11,17,18)/t4-,5-,6-,7-/m1/s1. The summed E-state index contributed by atoms with van der Waals surface area (Å²) in [6.45, 7) is 2.60.